The van der Waals surface area contributed by atoms with Crippen LogP contribution in [0.1, 0.15) is 30.5 Å². The van der Waals surface area contributed by atoms with Gasteiger partial charge in [-0.2, -0.15) is 26.3 Å². The predicted octanol–water partition coefficient (Wildman–Crippen LogP) is 6.29. The van der Waals surface area contributed by atoms with Crippen LogP contribution in [0.3, 0.4) is 0 Å². The molecule has 1 atom stereocenters. The summed E-state index contributed by atoms with van der Waals surface area (Å²) in [5, 5.41) is 0. The fourth-order valence-corrected chi connectivity index (χ4v) is 2.41. The largest absolute Gasteiger partial charge is 0.416 e. The Morgan fingerprint density at radius 2 is 1.30 bits per heavy atom. The molecule has 0 saturated heterocycles. The molecule has 2 aromatic rings. The molecule has 0 aliphatic rings. The maximum Gasteiger partial charge on any atom is 0.416 e. The average Bonchev–Trinajstić information content (AvgIpc) is 2.59. The smallest absolute Gasteiger partial charge is 0.353 e. The molecule has 27 heavy (non-hydrogen) atoms. The van der Waals surface area contributed by atoms with Crippen LogP contribution in [0.4, 0.5) is 26.3 Å². The first kappa shape index (κ1) is 21.2. The highest BCUT2D eigenvalue weighted by molar-refractivity contribution is 5.66. The fraction of sp³-hybridized carbons (Fsp3) is 0.368. The quantitative estimate of drug-likeness (QED) is 0.425. The topological polar surface area (TPSA) is 18.5 Å². The Bertz CT molecular complexity index is 718. The van der Waals surface area contributed by atoms with E-state index in [9.17, 15) is 26.3 Å². The monoisotopic (exact) mass is 392 g/mol. The number of rotatable bonds is 6. The lowest BCUT2D eigenvalue weighted by Crippen LogP contribution is -2.12. The summed E-state index contributed by atoms with van der Waals surface area (Å²) in [6, 6.07) is 7.61. The van der Waals surface area contributed by atoms with Crippen molar-refractivity contribution >= 4 is 0 Å². The molecule has 0 saturated carbocycles. The summed E-state index contributed by atoms with van der Waals surface area (Å²) in [7, 11) is 0. The van der Waals surface area contributed by atoms with Gasteiger partial charge in [-0.05, 0) is 48.7 Å². The minimum Gasteiger partial charge on any atom is -0.353 e. The van der Waals surface area contributed by atoms with Gasteiger partial charge in [-0.15, -0.1) is 0 Å². The lowest BCUT2D eigenvalue weighted by Gasteiger charge is -2.15. The normalized spacial score (nSPS) is 13.6. The van der Waals surface area contributed by atoms with Crippen molar-refractivity contribution in [3.05, 3.63) is 59.2 Å². The van der Waals surface area contributed by atoms with Crippen molar-refractivity contribution in [3.8, 4) is 11.1 Å². The van der Waals surface area contributed by atoms with Gasteiger partial charge in [0, 0.05) is 6.61 Å². The molecule has 0 heterocycles. The van der Waals surface area contributed by atoms with E-state index >= 15 is 0 Å². The predicted molar refractivity (Wildman–Crippen MR) is 87.8 cm³/mol. The summed E-state index contributed by atoms with van der Waals surface area (Å²) in [5.41, 5.74) is -1.88. The number of halogens is 6. The van der Waals surface area contributed by atoms with Gasteiger partial charge in [0.2, 0.25) is 0 Å². The molecule has 0 fully saturated rings. The molecule has 1 unspecified atom stereocenters. The highest BCUT2D eigenvalue weighted by Gasteiger charge is 2.36. The molecule has 0 amide bonds. The minimum atomic E-state index is -4.88. The molecule has 0 aromatic heterocycles. The van der Waals surface area contributed by atoms with Crippen molar-refractivity contribution in [1.82, 2.24) is 0 Å². The third-order valence-electron chi connectivity index (χ3n) is 3.76. The highest BCUT2D eigenvalue weighted by Crippen LogP contribution is 2.38. The Morgan fingerprint density at radius 1 is 0.778 bits per heavy atom. The van der Waals surface area contributed by atoms with Crippen LogP contribution in [0.25, 0.3) is 11.1 Å². The second-order valence-electron chi connectivity index (χ2n) is 5.83. The number of benzene rings is 2. The zero-order valence-electron chi connectivity index (χ0n) is 14.6. The molecule has 0 N–H and O–H groups in total. The van der Waals surface area contributed by atoms with Crippen molar-refractivity contribution in [2.45, 2.75) is 39.1 Å². The van der Waals surface area contributed by atoms with Gasteiger partial charge >= 0.3 is 12.4 Å². The molecule has 0 aliphatic carbocycles. The summed E-state index contributed by atoms with van der Waals surface area (Å²) >= 11 is 0. The standard InChI is InChI=1S/C19H18F6O2/c1-3-26-12(2)27-11-13-4-6-14(7-5-13)15-8-16(18(20,21)22)10-17(9-15)19(23,24)25/h4-10,12H,3,11H2,1-2H3. The van der Waals surface area contributed by atoms with E-state index < -0.39 is 29.8 Å². The Morgan fingerprint density at radius 3 is 1.74 bits per heavy atom. The maximum absolute atomic E-state index is 13.0. The molecule has 0 aliphatic heterocycles. The third kappa shape index (κ3) is 5.97. The van der Waals surface area contributed by atoms with Crippen LogP contribution in [-0.4, -0.2) is 12.9 Å². The number of hydrogen-bond acceptors (Lipinski definition) is 2. The Labute approximate surface area is 152 Å². The van der Waals surface area contributed by atoms with Gasteiger partial charge in [-0.25, -0.2) is 0 Å². The second-order valence-corrected chi connectivity index (χ2v) is 5.83. The van der Waals surface area contributed by atoms with Crippen molar-refractivity contribution in [2.24, 2.45) is 0 Å². The average molecular weight is 392 g/mol. The SMILES string of the molecule is CCOC(C)OCc1ccc(-c2cc(C(F)(F)F)cc(C(F)(F)F)c2)cc1. The molecular formula is C19H18F6O2. The number of hydrogen-bond donors (Lipinski definition) is 0. The summed E-state index contributed by atoms with van der Waals surface area (Å²) in [6.45, 7) is 4.23. The second kappa shape index (κ2) is 8.31. The van der Waals surface area contributed by atoms with E-state index in [4.69, 9.17) is 9.47 Å². The van der Waals surface area contributed by atoms with Gasteiger partial charge in [0.1, 0.15) is 0 Å². The van der Waals surface area contributed by atoms with Crippen LogP contribution in [0.2, 0.25) is 0 Å². The van der Waals surface area contributed by atoms with E-state index in [0.29, 0.717) is 24.3 Å². The first-order valence-electron chi connectivity index (χ1n) is 8.12. The molecular weight excluding hydrogens is 374 g/mol. The van der Waals surface area contributed by atoms with E-state index in [0.717, 1.165) is 0 Å². The summed E-state index contributed by atoms with van der Waals surface area (Å²) in [6.07, 6.45) is -10.2. The fourth-order valence-electron chi connectivity index (χ4n) is 2.41. The first-order valence-corrected chi connectivity index (χ1v) is 8.12. The molecule has 148 valence electrons. The molecule has 0 spiro atoms. The van der Waals surface area contributed by atoms with E-state index in [1.165, 1.54) is 12.1 Å². The molecule has 2 nitrogen and oxygen atoms in total. The van der Waals surface area contributed by atoms with Crippen molar-refractivity contribution in [1.29, 1.82) is 0 Å². The van der Waals surface area contributed by atoms with E-state index in [1.54, 1.807) is 19.1 Å². The van der Waals surface area contributed by atoms with E-state index in [-0.39, 0.29) is 23.8 Å². The zero-order valence-corrected chi connectivity index (χ0v) is 14.6. The van der Waals surface area contributed by atoms with Crippen molar-refractivity contribution in [2.75, 3.05) is 6.61 Å². The molecule has 0 radical (unpaired) electrons. The van der Waals surface area contributed by atoms with Crippen LogP contribution in [0.5, 0.6) is 0 Å². The molecule has 2 aromatic carbocycles. The minimum absolute atomic E-state index is 0.112. The Kier molecular flexibility index (Phi) is 6.54. The van der Waals surface area contributed by atoms with E-state index in [2.05, 4.69) is 0 Å². The van der Waals surface area contributed by atoms with Gasteiger partial charge in [-0.3, -0.25) is 0 Å². The molecule has 0 bridgehead atoms. The van der Waals surface area contributed by atoms with E-state index in [1.807, 2.05) is 6.92 Å². The van der Waals surface area contributed by atoms with Crippen molar-refractivity contribution < 1.29 is 35.8 Å². The lowest BCUT2D eigenvalue weighted by atomic mass is 9.98. The van der Waals surface area contributed by atoms with Gasteiger partial charge < -0.3 is 9.47 Å². The lowest BCUT2D eigenvalue weighted by molar-refractivity contribution is -0.143. The third-order valence-corrected chi connectivity index (χ3v) is 3.76. The van der Waals surface area contributed by atoms with Gasteiger partial charge in [0.05, 0.1) is 17.7 Å². The Hall–Kier alpha value is -2.06. The Balaban J connectivity index is 2.29. The maximum atomic E-state index is 13.0. The van der Waals surface area contributed by atoms with Crippen molar-refractivity contribution in [3.63, 3.8) is 0 Å². The zero-order chi connectivity index (χ0) is 20.2. The summed E-state index contributed by atoms with van der Waals surface area (Å²) in [5.74, 6) is 0. The number of ether oxygens (including phenoxy) is 2. The molecule has 8 heteroatoms. The van der Waals surface area contributed by atoms with Gasteiger partial charge in [0.15, 0.2) is 6.29 Å². The van der Waals surface area contributed by atoms with Crippen LogP contribution >= 0.6 is 0 Å². The van der Waals surface area contributed by atoms with Gasteiger partial charge in [0.25, 0.3) is 0 Å². The van der Waals surface area contributed by atoms with Crippen LogP contribution in [0.15, 0.2) is 42.5 Å². The van der Waals surface area contributed by atoms with Crippen LogP contribution < -0.4 is 0 Å². The highest BCUT2D eigenvalue weighted by atomic mass is 19.4. The first-order chi connectivity index (χ1) is 12.5. The van der Waals surface area contributed by atoms with Crippen LogP contribution in [0, 0.1) is 0 Å². The van der Waals surface area contributed by atoms with Gasteiger partial charge in [-0.1, -0.05) is 24.3 Å². The number of alkyl halides is 6. The summed E-state index contributed by atoms with van der Waals surface area (Å²) in [4.78, 5) is 0. The summed E-state index contributed by atoms with van der Waals surface area (Å²) < 4.78 is 88.4. The molecule has 2 rings (SSSR count). The van der Waals surface area contributed by atoms with Crippen LogP contribution in [-0.2, 0) is 28.4 Å².